The van der Waals surface area contributed by atoms with Crippen LogP contribution in [-0.2, 0) is 9.59 Å². The molecule has 64 valence electrons. The van der Waals surface area contributed by atoms with Crippen molar-refractivity contribution in [2.75, 3.05) is 12.0 Å². The van der Waals surface area contributed by atoms with Gasteiger partial charge >= 0.3 is 0 Å². The highest BCUT2D eigenvalue weighted by Gasteiger charge is 2.06. The van der Waals surface area contributed by atoms with Crippen LogP contribution in [0.1, 0.15) is 6.42 Å². The molecule has 0 heterocycles. The van der Waals surface area contributed by atoms with Gasteiger partial charge in [0, 0.05) is 0 Å². The first-order chi connectivity index (χ1) is 5.22. The van der Waals surface area contributed by atoms with Crippen molar-refractivity contribution < 1.29 is 14.7 Å². The Bertz CT molecular complexity index is 140. The van der Waals surface area contributed by atoms with Crippen molar-refractivity contribution in [3.05, 3.63) is 0 Å². The van der Waals surface area contributed by atoms with Crippen molar-refractivity contribution in [3.63, 3.8) is 0 Å². The summed E-state index contributed by atoms with van der Waals surface area (Å²) in [5, 5.41) is 12.4. The molecule has 0 rings (SSSR count). The summed E-state index contributed by atoms with van der Waals surface area (Å²) in [6.07, 6.45) is 2.65. The Balaban J connectivity index is 3.69. The Hall–Kier alpha value is -0.710. The van der Waals surface area contributed by atoms with Gasteiger partial charge in [0.2, 0.25) is 6.41 Å². The number of rotatable bonds is 6. The first-order valence-electron chi connectivity index (χ1n) is 3.12. The monoisotopic (exact) mass is 176 g/mol. The third-order valence-electron chi connectivity index (χ3n) is 1.16. The lowest BCUT2D eigenvalue weighted by Crippen LogP contribution is -2.45. The maximum Gasteiger partial charge on any atom is 0.207 e. The molecule has 0 radical (unpaired) electrons. The number of thioether (sulfide) groups is 1. The fourth-order valence-corrected chi connectivity index (χ4v) is 1.06. The van der Waals surface area contributed by atoms with E-state index >= 15 is 0 Å². The Labute approximate surface area is 69.4 Å². The van der Waals surface area contributed by atoms with E-state index in [0.29, 0.717) is 18.6 Å². The van der Waals surface area contributed by atoms with Gasteiger partial charge in [-0.25, -0.2) is 0 Å². The molecule has 0 aromatic heterocycles. The highest BCUT2D eigenvalue weighted by atomic mass is 32.2. The minimum Gasteiger partial charge on any atom is -0.548 e. The van der Waals surface area contributed by atoms with Crippen LogP contribution in [0.3, 0.4) is 0 Å². The summed E-state index contributed by atoms with van der Waals surface area (Å²) in [6.45, 7) is 0. The molecule has 0 saturated carbocycles. The van der Waals surface area contributed by atoms with E-state index in [4.69, 9.17) is 0 Å². The van der Waals surface area contributed by atoms with Gasteiger partial charge in [-0.2, -0.15) is 11.8 Å². The molecule has 0 aromatic rings. The van der Waals surface area contributed by atoms with Gasteiger partial charge in [-0.15, -0.1) is 0 Å². The minimum absolute atomic E-state index is 0.376. The molecule has 0 fully saturated rings. The molecule has 0 spiro atoms. The van der Waals surface area contributed by atoms with Gasteiger partial charge in [-0.05, 0) is 18.4 Å². The normalized spacial score (nSPS) is 12.1. The molecule has 0 aliphatic rings. The number of carbonyl (C=O) groups excluding carboxylic acids is 2. The second kappa shape index (κ2) is 6.03. The Morgan fingerprint density at radius 1 is 1.82 bits per heavy atom. The van der Waals surface area contributed by atoms with E-state index in [0.717, 1.165) is 0 Å². The summed E-state index contributed by atoms with van der Waals surface area (Å²) in [5.41, 5.74) is 0. The lowest BCUT2D eigenvalue weighted by molar-refractivity contribution is -0.308. The Kier molecular flexibility index (Phi) is 5.64. The third kappa shape index (κ3) is 4.66. The van der Waals surface area contributed by atoms with Crippen molar-refractivity contribution in [1.29, 1.82) is 0 Å². The van der Waals surface area contributed by atoms with Crippen LogP contribution in [0.15, 0.2) is 0 Å². The SMILES string of the molecule is CSCCC(NC=O)C(=O)[O-]. The molecule has 1 amide bonds. The zero-order valence-electron chi connectivity index (χ0n) is 6.20. The minimum atomic E-state index is -1.23. The van der Waals surface area contributed by atoms with Crippen molar-refractivity contribution in [1.82, 2.24) is 5.32 Å². The second-order valence-electron chi connectivity index (χ2n) is 1.94. The summed E-state index contributed by atoms with van der Waals surface area (Å²) in [7, 11) is 0. The molecular formula is C6H10NO3S-. The molecule has 1 N–H and O–H groups in total. The molecule has 0 aliphatic carbocycles. The number of carboxylic acid groups (broad SMARTS) is 1. The smallest absolute Gasteiger partial charge is 0.207 e. The van der Waals surface area contributed by atoms with Gasteiger partial charge in [-0.1, -0.05) is 0 Å². The van der Waals surface area contributed by atoms with Crippen LogP contribution in [0.4, 0.5) is 0 Å². The summed E-state index contributed by atoms with van der Waals surface area (Å²) < 4.78 is 0. The standard InChI is InChI=1S/C6H11NO3S/c1-11-3-2-5(6(9)10)7-4-8/h4-5H,2-3H2,1H3,(H,7,8)(H,9,10)/p-1. The lowest BCUT2D eigenvalue weighted by atomic mass is 10.2. The number of carbonyl (C=O) groups is 2. The highest BCUT2D eigenvalue weighted by Crippen LogP contribution is 1.98. The van der Waals surface area contributed by atoms with Gasteiger partial charge in [0.25, 0.3) is 0 Å². The van der Waals surface area contributed by atoms with Gasteiger partial charge in [0.1, 0.15) is 0 Å². The third-order valence-corrected chi connectivity index (χ3v) is 1.81. The van der Waals surface area contributed by atoms with Gasteiger partial charge < -0.3 is 15.2 Å². The Morgan fingerprint density at radius 2 is 2.45 bits per heavy atom. The van der Waals surface area contributed by atoms with E-state index in [1.165, 1.54) is 11.8 Å². The van der Waals surface area contributed by atoms with Gasteiger partial charge in [0.05, 0.1) is 12.0 Å². The number of carboxylic acids is 1. The number of nitrogens with one attached hydrogen (secondary N) is 1. The summed E-state index contributed by atoms with van der Waals surface area (Å²) in [4.78, 5) is 20.1. The van der Waals surface area contributed by atoms with Crippen molar-refractivity contribution in [3.8, 4) is 0 Å². The first-order valence-corrected chi connectivity index (χ1v) is 4.51. The van der Waals surface area contributed by atoms with Crippen LogP contribution >= 0.6 is 11.8 Å². The van der Waals surface area contributed by atoms with E-state index < -0.39 is 12.0 Å². The maximum atomic E-state index is 10.3. The summed E-state index contributed by atoms with van der Waals surface area (Å²) in [6, 6.07) is -0.847. The molecular weight excluding hydrogens is 166 g/mol. The van der Waals surface area contributed by atoms with E-state index in [2.05, 4.69) is 5.32 Å². The fraction of sp³-hybridized carbons (Fsp3) is 0.667. The average Bonchev–Trinajstić information content (AvgIpc) is 1.97. The van der Waals surface area contributed by atoms with E-state index in [-0.39, 0.29) is 0 Å². The Morgan fingerprint density at radius 3 is 2.82 bits per heavy atom. The van der Waals surface area contributed by atoms with E-state index in [1.807, 2.05) is 6.26 Å². The van der Waals surface area contributed by atoms with E-state index in [9.17, 15) is 14.7 Å². The zero-order chi connectivity index (χ0) is 8.69. The van der Waals surface area contributed by atoms with Gasteiger partial charge in [-0.3, -0.25) is 4.79 Å². The van der Waals surface area contributed by atoms with E-state index in [1.54, 1.807) is 0 Å². The molecule has 0 aliphatic heterocycles. The predicted molar refractivity (Wildman–Crippen MR) is 41.0 cm³/mol. The summed E-state index contributed by atoms with van der Waals surface area (Å²) >= 11 is 1.53. The van der Waals surface area contributed by atoms with Crippen LogP contribution in [0.25, 0.3) is 0 Å². The molecule has 1 atom stereocenters. The first kappa shape index (κ1) is 10.3. The van der Waals surface area contributed by atoms with Crippen LogP contribution < -0.4 is 10.4 Å². The molecule has 0 saturated heterocycles. The molecule has 4 nitrogen and oxygen atoms in total. The second-order valence-corrected chi connectivity index (χ2v) is 2.92. The quantitative estimate of drug-likeness (QED) is 0.505. The van der Waals surface area contributed by atoms with Crippen LogP contribution in [-0.4, -0.2) is 30.4 Å². The summed E-state index contributed by atoms with van der Waals surface area (Å²) in [5.74, 6) is -0.536. The van der Waals surface area contributed by atoms with Gasteiger partial charge in [0.15, 0.2) is 0 Å². The van der Waals surface area contributed by atoms with Crippen LogP contribution in [0.2, 0.25) is 0 Å². The fourth-order valence-electron chi connectivity index (χ4n) is 0.587. The average molecular weight is 176 g/mol. The molecule has 5 heteroatoms. The molecule has 0 aromatic carbocycles. The zero-order valence-corrected chi connectivity index (χ0v) is 7.02. The molecule has 1 unspecified atom stereocenters. The topological polar surface area (TPSA) is 69.2 Å². The van der Waals surface area contributed by atoms with Crippen LogP contribution in [0, 0.1) is 0 Å². The predicted octanol–water partition coefficient (Wildman–Crippen LogP) is -1.40. The van der Waals surface area contributed by atoms with Crippen molar-refractivity contribution >= 4 is 24.1 Å². The highest BCUT2D eigenvalue weighted by molar-refractivity contribution is 7.98. The number of hydrogen-bond acceptors (Lipinski definition) is 4. The number of hydrogen-bond donors (Lipinski definition) is 1. The molecule has 11 heavy (non-hydrogen) atoms. The largest absolute Gasteiger partial charge is 0.548 e. The van der Waals surface area contributed by atoms with Crippen molar-refractivity contribution in [2.24, 2.45) is 0 Å². The van der Waals surface area contributed by atoms with Crippen LogP contribution in [0.5, 0.6) is 0 Å². The maximum absolute atomic E-state index is 10.3. The molecule has 0 bridgehead atoms. The van der Waals surface area contributed by atoms with Crippen molar-refractivity contribution in [2.45, 2.75) is 12.5 Å². The lowest BCUT2D eigenvalue weighted by Gasteiger charge is -2.15. The number of amides is 1. The number of aliphatic carboxylic acids is 1.